The van der Waals surface area contributed by atoms with E-state index in [0.29, 0.717) is 11.4 Å². The Balaban J connectivity index is 1.91. The highest BCUT2D eigenvalue weighted by Gasteiger charge is 2.15. The van der Waals surface area contributed by atoms with Gasteiger partial charge in [0, 0.05) is 43.7 Å². The van der Waals surface area contributed by atoms with Crippen molar-refractivity contribution in [3.05, 3.63) is 28.2 Å². The summed E-state index contributed by atoms with van der Waals surface area (Å²) >= 11 is 3.37. The summed E-state index contributed by atoms with van der Waals surface area (Å²) in [7, 11) is -3.41. The molecule has 7 heteroatoms. The van der Waals surface area contributed by atoms with E-state index in [1.54, 1.807) is 18.2 Å². The summed E-state index contributed by atoms with van der Waals surface area (Å²) in [4.78, 5) is 2.57. The topological polar surface area (TPSA) is 61.4 Å². The molecule has 0 bridgehead atoms. The highest BCUT2D eigenvalue weighted by atomic mass is 79.9. The van der Waals surface area contributed by atoms with Crippen LogP contribution in [-0.4, -0.2) is 52.6 Å². The van der Waals surface area contributed by atoms with Crippen molar-refractivity contribution in [3.8, 4) is 0 Å². The third-order valence-electron chi connectivity index (χ3n) is 3.37. The molecule has 112 valence electrons. The molecule has 1 aliphatic heterocycles. The fraction of sp³-hybridized carbons (Fsp3) is 0.538. The van der Waals surface area contributed by atoms with E-state index in [-0.39, 0.29) is 0 Å². The average Bonchev–Trinajstić information content (AvgIpc) is 2.43. The lowest BCUT2D eigenvalue weighted by Crippen LogP contribution is -2.46. The van der Waals surface area contributed by atoms with Crippen LogP contribution < -0.4 is 10.0 Å². The molecule has 1 fully saturated rings. The van der Waals surface area contributed by atoms with E-state index in [2.05, 4.69) is 30.9 Å². The fourth-order valence-corrected chi connectivity index (χ4v) is 3.49. The van der Waals surface area contributed by atoms with Crippen molar-refractivity contribution in [1.29, 1.82) is 0 Å². The largest absolute Gasteiger partial charge is 0.314 e. The molecule has 1 aromatic carbocycles. The molecule has 0 atom stereocenters. The van der Waals surface area contributed by atoms with Crippen LogP contribution in [0.25, 0.3) is 0 Å². The normalized spacial score (nSPS) is 17.3. The van der Waals surface area contributed by atoms with E-state index in [9.17, 15) is 8.42 Å². The lowest BCUT2D eigenvalue weighted by atomic mass is 10.2. The van der Waals surface area contributed by atoms with E-state index in [1.165, 1.54) is 0 Å². The molecular formula is C13H20BrN3O2S. The van der Waals surface area contributed by atoms with E-state index >= 15 is 0 Å². The second kappa shape index (κ2) is 7.00. The number of piperazine rings is 1. The maximum Gasteiger partial charge on any atom is 0.240 e. The molecule has 1 saturated heterocycles. The molecule has 0 aliphatic carbocycles. The molecule has 0 spiro atoms. The average molecular weight is 362 g/mol. The molecule has 0 unspecified atom stereocenters. The molecule has 1 aromatic rings. The third kappa shape index (κ3) is 4.26. The Morgan fingerprint density at radius 2 is 2.05 bits per heavy atom. The summed E-state index contributed by atoms with van der Waals surface area (Å²) in [6.07, 6.45) is 0. The van der Waals surface area contributed by atoms with Crippen molar-refractivity contribution >= 4 is 26.0 Å². The minimum Gasteiger partial charge on any atom is -0.314 e. The quantitative estimate of drug-likeness (QED) is 0.819. The number of rotatable bonds is 5. The van der Waals surface area contributed by atoms with Gasteiger partial charge in [0.15, 0.2) is 0 Å². The van der Waals surface area contributed by atoms with Gasteiger partial charge in [0.2, 0.25) is 10.0 Å². The van der Waals surface area contributed by atoms with Gasteiger partial charge >= 0.3 is 0 Å². The van der Waals surface area contributed by atoms with Crippen molar-refractivity contribution in [3.63, 3.8) is 0 Å². The first-order valence-corrected chi connectivity index (χ1v) is 8.95. The predicted molar refractivity (Wildman–Crippen MR) is 83.4 cm³/mol. The second-order valence-corrected chi connectivity index (χ2v) is 7.52. The SMILES string of the molecule is Cc1cc(S(=O)(=O)NCCN2CCNCC2)ccc1Br. The van der Waals surface area contributed by atoms with Gasteiger partial charge in [-0.3, -0.25) is 4.90 Å². The summed E-state index contributed by atoms with van der Waals surface area (Å²) in [5.74, 6) is 0. The number of nitrogens with one attached hydrogen (secondary N) is 2. The summed E-state index contributed by atoms with van der Waals surface area (Å²) in [5, 5.41) is 3.27. The number of hydrogen-bond donors (Lipinski definition) is 2. The Kier molecular flexibility index (Phi) is 5.57. The van der Waals surface area contributed by atoms with Gasteiger partial charge in [0.25, 0.3) is 0 Å². The smallest absolute Gasteiger partial charge is 0.240 e. The molecule has 2 N–H and O–H groups in total. The maximum absolute atomic E-state index is 12.2. The first-order valence-electron chi connectivity index (χ1n) is 6.68. The number of aryl methyl sites for hydroxylation is 1. The molecule has 2 rings (SSSR count). The maximum atomic E-state index is 12.2. The highest BCUT2D eigenvalue weighted by Crippen LogP contribution is 2.19. The van der Waals surface area contributed by atoms with Gasteiger partial charge in [-0.15, -0.1) is 0 Å². The van der Waals surface area contributed by atoms with Gasteiger partial charge in [-0.1, -0.05) is 15.9 Å². The molecule has 0 amide bonds. The van der Waals surface area contributed by atoms with Crippen LogP contribution in [0.15, 0.2) is 27.6 Å². The van der Waals surface area contributed by atoms with Crippen molar-refractivity contribution in [2.45, 2.75) is 11.8 Å². The Bertz CT molecular complexity index is 557. The standard InChI is InChI=1S/C13H20BrN3O2S/c1-11-10-12(2-3-13(11)14)20(18,19)16-6-9-17-7-4-15-5-8-17/h2-3,10,15-16H,4-9H2,1H3. The van der Waals surface area contributed by atoms with Gasteiger partial charge < -0.3 is 5.32 Å². The van der Waals surface area contributed by atoms with Crippen LogP contribution in [0.1, 0.15) is 5.56 Å². The van der Waals surface area contributed by atoms with Crippen LogP contribution in [0.4, 0.5) is 0 Å². The van der Waals surface area contributed by atoms with E-state index in [0.717, 1.165) is 42.8 Å². The Labute approximate surface area is 128 Å². The minimum atomic E-state index is -3.41. The Morgan fingerprint density at radius 3 is 2.70 bits per heavy atom. The lowest BCUT2D eigenvalue weighted by molar-refractivity contribution is 0.245. The summed E-state index contributed by atoms with van der Waals surface area (Å²) in [5.41, 5.74) is 0.912. The van der Waals surface area contributed by atoms with Crippen molar-refractivity contribution in [2.24, 2.45) is 0 Å². The fourth-order valence-electron chi connectivity index (χ4n) is 2.14. The number of benzene rings is 1. The van der Waals surface area contributed by atoms with Gasteiger partial charge in [-0.05, 0) is 30.7 Å². The summed E-state index contributed by atoms with van der Waals surface area (Å²) in [6, 6.07) is 5.06. The van der Waals surface area contributed by atoms with Crippen LogP contribution in [0.2, 0.25) is 0 Å². The molecule has 0 aromatic heterocycles. The second-order valence-electron chi connectivity index (χ2n) is 4.90. The number of hydrogen-bond acceptors (Lipinski definition) is 4. The first kappa shape index (κ1) is 15.9. The molecule has 1 heterocycles. The molecular weight excluding hydrogens is 342 g/mol. The van der Waals surface area contributed by atoms with Gasteiger partial charge in [-0.2, -0.15) is 0 Å². The Hall–Kier alpha value is -0.470. The first-order chi connectivity index (χ1) is 9.49. The summed E-state index contributed by atoms with van der Waals surface area (Å²) in [6.45, 7) is 6.95. The summed E-state index contributed by atoms with van der Waals surface area (Å²) < 4.78 is 27.9. The van der Waals surface area contributed by atoms with Crippen LogP contribution in [0, 0.1) is 6.92 Å². The molecule has 0 radical (unpaired) electrons. The van der Waals surface area contributed by atoms with Crippen LogP contribution in [0.3, 0.4) is 0 Å². The third-order valence-corrected chi connectivity index (χ3v) is 5.72. The van der Waals surface area contributed by atoms with Gasteiger partial charge in [0.1, 0.15) is 0 Å². The van der Waals surface area contributed by atoms with Gasteiger partial charge in [0.05, 0.1) is 4.90 Å². The zero-order valence-corrected chi connectivity index (χ0v) is 13.9. The van der Waals surface area contributed by atoms with E-state index < -0.39 is 10.0 Å². The highest BCUT2D eigenvalue weighted by molar-refractivity contribution is 9.10. The monoisotopic (exact) mass is 361 g/mol. The van der Waals surface area contributed by atoms with Crippen molar-refractivity contribution < 1.29 is 8.42 Å². The number of nitrogens with zero attached hydrogens (tertiary/aromatic N) is 1. The lowest BCUT2D eigenvalue weighted by Gasteiger charge is -2.27. The molecule has 1 aliphatic rings. The van der Waals surface area contributed by atoms with Crippen molar-refractivity contribution in [2.75, 3.05) is 39.3 Å². The molecule has 0 saturated carbocycles. The van der Waals surface area contributed by atoms with Crippen LogP contribution in [-0.2, 0) is 10.0 Å². The molecule has 20 heavy (non-hydrogen) atoms. The predicted octanol–water partition coefficient (Wildman–Crippen LogP) is 0.941. The molecule has 5 nitrogen and oxygen atoms in total. The van der Waals surface area contributed by atoms with E-state index in [4.69, 9.17) is 0 Å². The van der Waals surface area contributed by atoms with Gasteiger partial charge in [-0.25, -0.2) is 13.1 Å². The zero-order chi connectivity index (χ0) is 14.6. The van der Waals surface area contributed by atoms with Crippen LogP contribution in [0.5, 0.6) is 0 Å². The zero-order valence-electron chi connectivity index (χ0n) is 11.5. The van der Waals surface area contributed by atoms with E-state index in [1.807, 2.05) is 6.92 Å². The Morgan fingerprint density at radius 1 is 1.35 bits per heavy atom. The minimum absolute atomic E-state index is 0.318. The number of sulfonamides is 1. The number of halogens is 1. The van der Waals surface area contributed by atoms with Crippen LogP contribution >= 0.6 is 15.9 Å². The van der Waals surface area contributed by atoms with Crippen molar-refractivity contribution in [1.82, 2.24) is 14.9 Å².